The van der Waals surface area contributed by atoms with Gasteiger partial charge in [-0.3, -0.25) is 4.79 Å². The molecule has 0 aliphatic carbocycles. The zero-order chi connectivity index (χ0) is 19.5. The van der Waals surface area contributed by atoms with E-state index in [0.717, 1.165) is 18.5 Å². The smallest absolute Gasteiger partial charge is 0.257 e. The lowest BCUT2D eigenvalue weighted by Crippen LogP contribution is -2.39. The standard InChI is InChI=1S/C20H21ClN4O3/c1-27-17-3-2-15(21)12-16(17)20(26)24-9-6-14(7-10-24)13-28-19-5-4-18-22-8-11-25(18)23-19/h2-5,8,11-12,14H,6-7,9-10,13H2,1H3. The summed E-state index contributed by atoms with van der Waals surface area (Å²) in [7, 11) is 1.55. The van der Waals surface area contributed by atoms with Crippen LogP contribution in [0.5, 0.6) is 11.6 Å². The minimum atomic E-state index is -0.0501. The molecule has 1 aliphatic heterocycles. The second kappa shape index (κ2) is 8.06. The quantitative estimate of drug-likeness (QED) is 0.657. The van der Waals surface area contributed by atoms with Gasteiger partial charge in [-0.05, 0) is 43.0 Å². The van der Waals surface area contributed by atoms with Crippen molar-refractivity contribution >= 4 is 23.2 Å². The number of aromatic nitrogens is 3. The third kappa shape index (κ3) is 3.89. The summed E-state index contributed by atoms with van der Waals surface area (Å²) in [5.41, 5.74) is 1.29. The fourth-order valence-electron chi connectivity index (χ4n) is 3.40. The molecule has 0 N–H and O–H groups in total. The number of halogens is 1. The summed E-state index contributed by atoms with van der Waals surface area (Å²) in [4.78, 5) is 18.9. The number of rotatable bonds is 5. The van der Waals surface area contributed by atoms with Gasteiger partial charge in [0.25, 0.3) is 5.91 Å². The Morgan fingerprint density at radius 2 is 2.07 bits per heavy atom. The molecule has 1 aliphatic rings. The third-order valence-electron chi connectivity index (χ3n) is 4.99. The van der Waals surface area contributed by atoms with Crippen LogP contribution in [0.3, 0.4) is 0 Å². The van der Waals surface area contributed by atoms with Crippen LogP contribution in [0.1, 0.15) is 23.2 Å². The number of carbonyl (C=O) groups excluding carboxylic acids is 1. The number of piperidine rings is 1. The van der Waals surface area contributed by atoms with E-state index >= 15 is 0 Å². The molecule has 1 amide bonds. The molecule has 1 aromatic carbocycles. The lowest BCUT2D eigenvalue weighted by Gasteiger charge is -2.32. The highest BCUT2D eigenvalue weighted by Gasteiger charge is 2.26. The van der Waals surface area contributed by atoms with E-state index in [0.29, 0.717) is 47.8 Å². The fourth-order valence-corrected chi connectivity index (χ4v) is 3.57. The number of nitrogens with zero attached hydrogens (tertiary/aromatic N) is 4. The maximum Gasteiger partial charge on any atom is 0.257 e. The van der Waals surface area contributed by atoms with Gasteiger partial charge in [-0.15, -0.1) is 5.10 Å². The summed E-state index contributed by atoms with van der Waals surface area (Å²) in [6.07, 6.45) is 5.24. The van der Waals surface area contributed by atoms with Crippen LogP contribution in [0, 0.1) is 5.92 Å². The summed E-state index contributed by atoms with van der Waals surface area (Å²) in [5, 5.41) is 4.89. The average Bonchev–Trinajstić information content (AvgIpc) is 3.20. The molecule has 8 heteroatoms. The second-order valence-electron chi connectivity index (χ2n) is 6.79. The number of methoxy groups -OCH3 is 1. The van der Waals surface area contributed by atoms with E-state index < -0.39 is 0 Å². The van der Waals surface area contributed by atoms with Gasteiger partial charge in [-0.25, -0.2) is 9.50 Å². The van der Waals surface area contributed by atoms with Gasteiger partial charge in [0.05, 0.1) is 19.3 Å². The van der Waals surface area contributed by atoms with Crippen LogP contribution in [0.15, 0.2) is 42.7 Å². The number of hydrogen-bond donors (Lipinski definition) is 0. The van der Waals surface area contributed by atoms with Gasteiger partial charge in [0, 0.05) is 36.6 Å². The van der Waals surface area contributed by atoms with Crippen molar-refractivity contribution in [1.82, 2.24) is 19.5 Å². The Morgan fingerprint density at radius 1 is 1.25 bits per heavy atom. The Morgan fingerprint density at radius 3 is 2.86 bits per heavy atom. The number of amides is 1. The van der Waals surface area contributed by atoms with E-state index in [-0.39, 0.29) is 5.91 Å². The minimum absolute atomic E-state index is 0.0501. The van der Waals surface area contributed by atoms with Crippen LogP contribution in [-0.4, -0.2) is 52.2 Å². The molecular formula is C20H21ClN4O3. The molecule has 0 unspecified atom stereocenters. The molecule has 1 saturated heterocycles. The molecule has 146 valence electrons. The van der Waals surface area contributed by atoms with Crippen LogP contribution >= 0.6 is 11.6 Å². The van der Waals surface area contributed by atoms with Crippen molar-refractivity contribution in [3.8, 4) is 11.6 Å². The van der Waals surface area contributed by atoms with E-state index in [2.05, 4.69) is 10.1 Å². The van der Waals surface area contributed by atoms with Crippen molar-refractivity contribution in [2.24, 2.45) is 5.92 Å². The molecule has 0 spiro atoms. The van der Waals surface area contributed by atoms with Gasteiger partial charge in [0.1, 0.15) is 5.75 Å². The molecule has 4 rings (SSSR count). The molecule has 1 fully saturated rings. The van der Waals surface area contributed by atoms with Crippen molar-refractivity contribution in [3.63, 3.8) is 0 Å². The fraction of sp³-hybridized carbons (Fsp3) is 0.350. The number of ether oxygens (including phenoxy) is 2. The minimum Gasteiger partial charge on any atom is -0.496 e. The van der Waals surface area contributed by atoms with Gasteiger partial charge >= 0.3 is 0 Å². The van der Waals surface area contributed by atoms with Gasteiger partial charge in [0.15, 0.2) is 5.65 Å². The number of imidazole rings is 1. The van der Waals surface area contributed by atoms with Gasteiger partial charge in [0.2, 0.25) is 5.88 Å². The number of carbonyl (C=O) groups is 1. The van der Waals surface area contributed by atoms with Crippen molar-refractivity contribution in [2.75, 3.05) is 26.8 Å². The zero-order valence-corrected chi connectivity index (χ0v) is 16.3. The molecule has 7 nitrogen and oxygen atoms in total. The first-order valence-electron chi connectivity index (χ1n) is 9.20. The second-order valence-corrected chi connectivity index (χ2v) is 7.23. The molecule has 0 bridgehead atoms. The molecule has 2 aromatic heterocycles. The van der Waals surface area contributed by atoms with Crippen molar-refractivity contribution in [1.29, 1.82) is 0 Å². The Hall–Kier alpha value is -2.80. The monoisotopic (exact) mass is 400 g/mol. The Balaban J connectivity index is 1.33. The highest BCUT2D eigenvalue weighted by atomic mass is 35.5. The largest absolute Gasteiger partial charge is 0.496 e. The number of benzene rings is 1. The molecule has 0 atom stereocenters. The van der Waals surface area contributed by atoms with Crippen molar-refractivity contribution < 1.29 is 14.3 Å². The molecular weight excluding hydrogens is 380 g/mol. The highest BCUT2D eigenvalue weighted by molar-refractivity contribution is 6.31. The molecule has 3 aromatic rings. The van der Waals surface area contributed by atoms with Gasteiger partial charge in [-0.1, -0.05) is 11.6 Å². The van der Waals surface area contributed by atoms with E-state index in [9.17, 15) is 4.79 Å². The van der Waals surface area contributed by atoms with E-state index in [1.807, 2.05) is 17.0 Å². The van der Waals surface area contributed by atoms with Gasteiger partial charge < -0.3 is 14.4 Å². The molecule has 0 radical (unpaired) electrons. The summed E-state index contributed by atoms with van der Waals surface area (Å²) in [6.45, 7) is 1.93. The van der Waals surface area contributed by atoms with Crippen LogP contribution in [0.25, 0.3) is 5.65 Å². The van der Waals surface area contributed by atoms with E-state index in [1.54, 1.807) is 42.2 Å². The number of hydrogen-bond acceptors (Lipinski definition) is 5. The predicted molar refractivity (Wildman–Crippen MR) is 105 cm³/mol. The maximum atomic E-state index is 12.9. The molecule has 28 heavy (non-hydrogen) atoms. The van der Waals surface area contributed by atoms with Crippen LogP contribution in [-0.2, 0) is 0 Å². The predicted octanol–water partition coefficient (Wildman–Crippen LogP) is 3.32. The number of likely N-dealkylation sites (tertiary alicyclic amines) is 1. The Labute approximate surface area is 167 Å². The maximum absolute atomic E-state index is 12.9. The Kier molecular flexibility index (Phi) is 5.34. The lowest BCUT2D eigenvalue weighted by atomic mass is 9.97. The summed E-state index contributed by atoms with van der Waals surface area (Å²) in [6, 6.07) is 8.81. The van der Waals surface area contributed by atoms with Crippen LogP contribution in [0.4, 0.5) is 0 Å². The topological polar surface area (TPSA) is 69.0 Å². The van der Waals surface area contributed by atoms with Crippen LogP contribution in [0.2, 0.25) is 5.02 Å². The zero-order valence-electron chi connectivity index (χ0n) is 15.5. The first-order valence-corrected chi connectivity index (χ1v) is 9.58. The van der Waals surface area contributed by atoms with E-state index in [4.69, 9.17) is 21.1 Å². The summed E-state index contributed by atoms with van der Waals surface area (Å²) >= 11 is 6.05. The van der Waals surface area contributed by atoms with Crippen molar-refractivity contribution in [3.05, 3.63) is 53.3 Å². The number of fused-ring (bicyclic) bond motifs is 1. The highest BCUT2D eigenvalue weighted by Crippen LogP contribution is 2.26. The van der Waals surface area contributed by atoms with Crippen LogP contribution < -0.4 is 9.47 Å². The molecule has 3 heterocycles. The first-order chi connectivity index (χ1) is 13.6. The molecule has 0 saturated carbocycles. The average molecular weight is 401 g/mol. The normalized spacial score (nSPS) is 15.0. The third-order valence-corrected chi connectivity index (χ3v) is 5.23. The summed E-state index contributed by atoms with van der Waals surface area (Å²) < 4.78 is 12.9. The van der Waals surface area contributed by atoms with Crippen molar-refractivity contribution in [2.45, 2.75) is 12.8 Å². The summed E-state index contributed by atoms with van der Waals surface area (Å²) in [5.74, 6) is 1.45. The van der Waals surface area contributed by atoms with E-state index in [1.165, 1.54) is 0 Å². The SMILES string of the molecule is COc1ccc(Cl)cc1C(=O)N1CCC(COc2ccc3nccn3n2)CC1. The lowest BCUT2D eigenvalue weighted by molar-refractivity contribution is 0.0655. The first kappa shape index (κ1) is 18.6. The van der Waals surface area contributed by atoms with Gasteiger partial charge in [-0.2, -0.15) is 0 Å². The Bertz CT molecular complexity index is 982.